The number of piperazine rings is 1. The maximum Gasteiger partial charge on any atom is 0.253 e. The van der Waals surface area contributed by atoms with E-state index in [1.54, 1.807) is 0 Å². The molecule has 0 saturated carbocycles. The first-order valence-corrected chi connectivity index (χ1v) is 10.7. The van der Waals surface area contributed by atoms with Gasteiger partial charge in [0.2, 0.25) is 0 Å². The van der Waals surface area contributed by atoms with Crippen LogP contribution in [-0.2, 0) is 0 Å². The maximum atomic E-state index is 12.7. The molecule has 0 spiro atoms. The van der Waals surface area contributed by atoms with E-state index in [0.717, 1.165) is 48.7 Å². The highest BCUT2D eigenvalue weighted by Crippen LogP contribution is 2.11. The average molecular weight is 415 g/mol. The van der Waals surface area contributed by atoms with Crippen molar-refractivity contribution in [1.82, 2.24) is 9.80 Å². The van der Waals surface area contributed by atoms with Crippen molar-refractivity contribution in [2.24, 2.45) is 10.2 Å². The number of hydrogen-bond donors (Lipinski definition) is 0. The van der Waals surface area contributed by atoms with Gasteiger partial charge in [0.15, 0.2) is 0 Å². The van der Waals surface area contributed by atoms with E-state index in [9.17, 15) is 4.79 Å². The summed E-state index contributed by atoms with van der Waals surface area (Å²) in [5, 5.41) is 8.71. The summed E-state index contributed by atoms with van der Waals surface area (Å²) in [6, 6.07) is 15.7. The van der Waals surface area contributed by atoms with Crippen LogP contribution >= 0.6 is 0 Å². The average Bonchev–Trinajstić information content (AvgIpc) is 2.80. The first-order valence-electron chi connectivity index (χ1n) is 10.7. The molecule has 3 rings (SSSR count). The molecule has 1 aliphatic heterocycles. The Labute approximate surface area is 185 Å². The Morgan fingerprint density at radius 3 is 2.16 bits per heavy atom. The van der Waals surface area contributed by atoms with E-state index in [1.165, 1.54) is 5.56 Å². The second-order valence-electron chi connectivity index (χ2n) is 7.87. The van der Waals surface area contributed by atoms with Crippen molar-refractivity contribution in [2.45, 2.75) is 27.2 Å². The van der Waals surface area contributed by atoms with Crippen LogP contribution in [-0.4, -0.2) is 60.4 Å². The number of hydrogen-bond acceptors (Lipinski definition) is 4. The first-order chi connectivity index (χ1) is 15.0. The van der Waals surface area contributed by atoms with Gasteiger partial charge >= 0.3 is 0 Å². The molecule has 1 aliphatic rings. The van der Waals surface area contributed by atoms with Crippen LogP contribution in [0.2, 0.25) is 0 Å². The third-order valence-corrected chi connectivity index (χ3v) is 5.40. The summed E-state index contributed by atoms with van der Waals surface area (Å²) in [7, 11) is 2.08. The monoisotopic (exact) mass is 414 g/mol. The number of benzene rings is 2. The van der Waals surface area contributed by atoms with Gasteiger partial charge in [-0.15, -0.1) is 5.10 Å². The van der Waals surface area contributed by atoms with E-state index < -0.39 is 0 Å². The third-order valence-electron chi connectivity index (χ3n) is 5.40. The highest BCUT2D eigenvalue weighted by atomic mass is 16.2. The van der Waals surface area contributed by atoms with E-state index in [4.69, 9.17) is 0 Å². The lowest BCUT2D eigenvalue weighted by atomic mass is 10.1. The summed E-state index contributed by atoms with van der Waals surface area (Å²) in [5.41, 5.74) is 5.37. The van der Waals surface area contributed by atoms with Gasteiger partial charge in [-0.05, 0) is 63.1 Å². The molecule has 1 fully saturated rings. The third kappa shape index (κ3) is 6.37. The molecule has 0 unspecified atom stereocenters. The van der Waals surface area contributed by atoms with E-state index in [2.05, 4.69) is 40.9 Å². The van der Waals surface area contributed by atoms with E-state index in [1.807, 2.05) is 67.3 Å². The zero-order valence-corrected chi connectivity index (χ0v) is 18.9. The van der Waals surface area contributed by atoms with Crippen LogP contribution in [0.4, 0.5) is 0 Å². The molecule has 0 radical (unpaired) electrons. The second-order valence-corrected chi connectivity index (χ2v) is 7.87. The summed E-state index contributed by atoms with van der Waals surface area (Å²) in [6.07, 6.45) is 0.716. The highest BCUT2D eigenvalue weighted by Gasteiger charge is 2.20. The van der Waals surface area contributed by atoms with E-state index in [0.29, 0.717) is 12.0 Å². The summed E-state index contributed by atoms with van der Waals surface area (Å²) in [6.45, 7) is 9.38. The van der Waals surface area contributed by atoms with E-state index >= 15 is 0 Å². The van der Waals surface area contributed by atoms with Crippen molar-refractivity contribution in [3.8, 4) is 11.8 Å². The lowest BCUT2D eigenvalue weighted by molar-refractivity contribution is 0.0664. The Morgan fingerprint density at radius 1 is 0.935 bits per heavy atom. The molecule has 1 amide bonds. The van der Waals surface area contributed by atoms with Gasteiger partial charge in [-0.3, -0.25) is 4.79 Å². The van der Waals surface area contributed by atoms with Gasteiger partial charge < -0.3 is 9.80 Å². The molecule has 5 heteroatoms. The number of likely N-dealkylation sites (N-methyl/N-ethyl adjacent to an activating group) is 1. The lowest BCUT2D eigenvalue weighted by Crippen LogP contribution is -2.47. The van der Waals surface area contributed by atoms with Crippen LogP contribution in [0.3, 0.4) is 0 Å². The molecule has 5 nitrogen and oxygen atoms in total. The van der Waals surface area contributed by atoms with Crippen LogP contribution < -0.4 is 0 Å². The van der Waals surface area contributed by atoms with Gasteiger partial charge in [-0.25, -0.2) is 0 Å². The molecule has 31 heavy (non-hydrogen) atoms. The Bertz CT molecular complexity index is 1020. The van der Waals surface area contributed by atoms with Crippen LogP contribution in [0.25, 0.3) is 0 Å². The van der Waals surface area contributed by atoms with Gasteiger partial charge in [0.25, 0.3) is 5.91 Å². The number of rotatable bonds is 4. The fraction of sp³-hybridized carbons (Fsp3) is 0.346. The second kappa shape index (κ2) is 10.7. The normalized spacial score (nSPS) is 15.4. The van der Waals surface area contributed by atoms with Gasteiger partial charge in [0.05, 0.1) is 5.71 Å². The fourth-order valence-electron chi connectivity index (χ4n) is 3.20. The number of aryl methyl sites for hydroxylation is 1. The van der Waals surface area contributed by atoms with Gasteiger partial charge in [-0.2, -0.15) is 5.10 Å². The van der Waals surface area contributed by atoms with Crippen molar-refractivity contribution in [2.75, 3.05) is 33.2 Å². The van der Waals surface area contributed by atoms with Crippen LogP contribution in [0.15, 0.2) is 58.7 Å². The summed E-state index contributed by atoms with van der Waals surface area (Å²) >= 11 is 0. The topological polar surface area (TPSA) is 48.3 Å². The summed E-state index contributed by atoms with van der Waals surface area (Å²) < 4.78 is 0. The molecule has 0 bridgehead atoms. The molecule has 0 N–H and O–H groups in total. The largest absolute Gasteiger partial charge is 0.336 e. The van der Waals surface area contributed by atoms with Crippen molar-refractivity contribution >= 4 is 17.3 Å². The molecule has 0 aliphatic carbocycles. The SMILES string of the molecule is CC/C(C#Cc1ccc(C)cc1)=N\N=C(\C)c1ccc(C(=O)N2CCN(C)CC2)cc1. The van der Waals surface area contributed by atoms with Crippen molar-refractivity contribution < 1.29 is 4.79 Å². The minimum atomic E-state index is 0.0897. The molecule has 1 heterocycles. The smallest absolute Gasteiger partial charge is 0.253 e. The van der Waals surface area contributed by atoms with Gasteiger partial charge in [-0.1, -0.05) is 42.7 Å². The van der Waals surface area contributed by atoms with Crippen LogP contribution in [0.1, 0.15) is 47.3 Å². The molecule has 0 aromatic heterocycles. The predicted molar refractivity (Wildman–Crippen MR) is 128 cm³/mol. The predicted octanol–water partition coefficient (Wildman–Crippen LogP) is 4.01. The zero-order chi connectivity index (χ0) is 22.2. The Hall–Kier alpha value is -3.23. The standard InChI is InChI=1S/C26H30N4O/c1-5-25(15-10-22-8-6-20(2)7-9-22)28-27-21(3)23-11-13-24(14-12-23)26(31)30-18-16-29(4)17-19-30/h6-9,11-14H,5,16-19H2,1-4H3/b27-21-,28-25+. The molecule has 0 atom stereocenters. The molecule has 2 aromatic rings. The first kappa shape index (κ1) is 22.5. The molecular weight excluding hydrogens is 384 g/mol. The Balaban J connectivity index is 1.67. The Kier molecular flexibility index (Phi) is 7.75. The number of carbonyl (C=O) groups is 1. The Morgan fingerprint density at radius 2 is 1.55 bits per heavy atom. The quantitative estimate of drug-likeness (QED) is 0.431. The fourth-order valence-corrected chi connectivity index (χ4v) is 3.20. The summed E-state index contributed by atoms with van der Waals surface area (Å²) in [5.74, 6) is 6.35. The number of carbonyl (C=O) groups excluding carboxylic acids is 1. The minimum Gasteiger partial charge on any atom is -0.336 e. The molecule has 2 aromatic carbocycles. The number of amides is 1. The zero-order valence-electron chi connectivity index (χ0n) is 18.9. The molecule has 160 valence electrons. The van der Waals surface area contributed by atoms with Crippen LogP contribution in [0.5, 0.6) is 0 Å². The van der Waals surface area contributed by atoms with Gasteiger partial charge in [0, 0.05) is 37.3 Å². The van der Waals surface area contributed by atoms with Crippen molar-refractivity contribution in [3.05, 3.63) is 70.8 Å². The van der Waals surface area contributed by atoms with Crippen molar-refractivity contribution in [1.29, 1.82) is 0 Å². The summed E-state index contributed by atoms with van der Waals surface area (Å²) in [4.78, 5) is 16.8. The maximum absolute atomic E-state index is 12.7. The van der Waals surface area contributed by atoms with E-state index in [-0.39, 0.29) is 5.91 Å². The highest BCUT2D eigenvalue weighted by molar-refractivity contribution is 6.03. The van der Waals surface area contributed by atoms with Gasteiger partial charge in [0.1, 0.15) is 5.71 Å². The molecular formula is C26H30N4O. The van der Waals surface area contributed by atoms with Crippen LogP contribution in [0, 0.1) is 18.8 Å². The minimum absolute atomic E-state index is 0.0897. The van der Waals surface area contributed by atoms with Crippen molar-refractivity contribution in [3.63, 3.8) is 0 Å². The molecule has 1 saturated heterocycles. The lowest BCUT2D eigenvalue weighted by Gasteiger charge is -2.32. The number of nitrogens with zero attached hydrogens (tertiary/aromatic N) is 4.